The second-order valence-electron chi connectivity index (χ2n) is 4.02. The summed E-state index contributed by atoms with van der Waals surface area (Å²) in [5.41, 5.74) is 0.661. The summed E-state index contributed by atoms with van der Waals surface area (Å²) in [6.07, 6.45) is 0.659. The van der Waals surface area contributed by atoms with Crippen molar-refractivity contribution in [2.24, 2.45) is 0 Å². The van der Waals surface area contributed by atoms with E-state index in [1.54, 1.807) is 0 Å². The van der Waals surface area contributed by atoms with Crippen LogP contribution in [-0.4, -0.2) is 47.5 Å². The van der Waals surface area contributed by atoms with Gasteiger partial charge in [0, 0.05) is 25.4 Å². The molecule has 19 heavy (non-hydrogen) atoms. The molecule has 0 fully saturated rings. The van der Waals surface area contributed by atoms with Gasteiger partial charge < -0.3 is 20.1 Å². The van der Waals surface area contributed by atoms with E-state index in [1.807, 2.05) is 0 Å². The molecule has 0 spiro atoms. The van der Waals surface area contributed by atoms with Crippen LogP contribution >= 0.6 is 0 Å². The fourth-order valence-electron chi connectivity index (χ4n) is 1.46. The molecule has 3 N–H and O–H groups in total. The molecule has 1 unspecified atom stereocenters. The number of aromatic amines is 1. The lowest BCUT2D eigenvalue weighted by atomic mass is 10.2. The lowest BCUT2D eigenvalue weighted by Crippen LogP contribution is -2.34. The van der Waals surface area contributed by atoms with Crippen molar-refractivity contribution in [2.75, 3.05) is 13.7 Å². The second-order valence-corrected chi connectivity index (χ2v) is 4.02. The average Bonchev–Trinajstić information content (AvgIpc) is 2.83. The predicted molar refractivity (Wildman–Crippen MR) is 66.2 cm³/mol. The van der Waals surface area contributed by atoms with E-state index in [4.69, 9.17) is 9.84 Å². The molecule has 1 atom stereocenters. The zero-order valence-electron chi connectivity index (χ0n) is 10.7. The first-order chi connectivity index (χ1) is 8.93. The summed E-state index contributed by atoms with van der Waals surface area (Å²) in [5.74, 6) is -1.56. The molecule has 7 nitrogen and oxygen atoms in total. The number of aromatic nitrogens is 1. The molecule has 0 aliphatic rings. The number of amides is 1. The van der Waals surface area contributed by atoms with Gasteiger partial charge in [-0.1, -0.05) is 0 Å². The Balaban J connectivity index is 2.54. The Morgan fingerprint density at radius 2 is 2.16 bits per heavy atom. The molecule has 104 valence electrons. The van der Waals surface area contributed by atoms with Gasteiger partial charge in [0.15, 0.2) is 5.78 Å². The van der Waals surface area contributed by atoms with E-state index >= 15 is 0 Å². The minimum absolute atomic E-state index is 0.0794. The summed E-state index contributed by atoms with van der Waals surface area (Å²) in [6, 6.07) is 1.44. The largest absolute Gasteiger partial charge is 0.481 e. The van der Waals surface area contributed by atoms with Crippen LogP contribution in [0.15, 0.2) is 12.3 Å². The quantitative estimate of drug-likeness (QED) is 0.622. The Kier molecular flexibility index (Phi) is 5.25. The highest BCUT2D eigenvalue weighted by Crippen LogP contribution is 2.04. The SMILES string of the molecule is COC(CNC(=O)c1cc(C(C)=O)c[nH]1)CC(=O)O. The molecular formula is C12H16N2O5. The summed E-state index contributed by atoms with van der Waals surface area (Å²) in [4.78, 5) is 36.0. The summed E-state index contributed by atoms with van der Waals surface area (Å²) >= 11 is 0. The Labute approximate surface area is 110 Å². The number of carboxylic acid groups (broad SMARTS) is 1. The number of methoxy groups -OCH3 is 1. The maximum Gasteiger partial charge on any atom is 0.306 e. The monoisotopic (exact) mass is 268 g/mol. The number of ketones is 1. The molecule has 0 bridgehead atoms. The van der Waals surface area contributed by atoms with Gasteiger partial charge in [-0.15, -0.1) is 0 Å². The molecule has 0 aliphatic carbocycles. The van der Waals surface area contributed by atoms with Crippen LogP contribution < -0.4 is 5.32 Å². The first-order valence-corrected chi connectivity index (χ1v) is 5.66. The van der Waals surface area contributed by atoms with Gasteiger partial charge in [-0.2, -0.15) is 0 Å². The Bertz CT molecular complexity index is 480. The van der Waals surface area contributed by atoms with Gasteiger partial charge in [0.1, 0.15) is 5.69 Å². The van der Waals surface area contributed by atoms with Gasteiger partial charge in [-0.25, -0.2) is 0 Å². The van der Waals surface area contributed by atoms with Gasteiger partial charge in [0.05, 0.1) is 12.5 Å². The van der Waals surface area contributed by atoms with E-state index < -0.39 is 18.0 Å². The number of rotatable bonds is 7. The second kappa shape index (κ2) is 6.69. The van der Waals surface area contributed by atoms with Crippen LogP contribution in [0.2, 0.25) is 0 Å². The molecule has 0 aliphatic heterocycles. The third-order valence-electron chi connectivity index (χ3n) is 2.56. The number of Topliss-reactive ketones (excluding diaryl/α,β-unsaturated/α-hetero) is 1. The van der Waals surface area contributed by atoms with Crippen LogP contribution in [-0.2, 0) is 9.53 Å². The molecule has 0 radical (unpaired) electrons. The number of H-pyrrole nitrogens is 1. The number of hydrogen-bond donors (Lipinski definition) is 3. The summed E-state index contributed by atoms with van der Waals surface area (Å²) in [5, 5.41) is 11.2. The van der Waals surface area contributed by atoms with Crippen LogP contribution in [0.3, 0.4) is 0 Å². The van der Waals surface area contributed by atoms with Crippen molar-refractivity contribution in [3.8, 4) is 0 Å². The van der Waals surface area contributed by atoms with Crippen molar-refractivity contribution in [3.63, 3.8) is 0 Å². The third-order valence-corrected chi connectivity index (χ3v) is 2.56. The number of nitrogens with one attached hydrogen (secondary N) is 2. The molecule has 1 aromatic rings. The average molecular weight is 268 g/mol. The smallest absolute Gasteiger partial charge is 0.306 e. The van der Waals surface area contributed by atoms with Crippen molar-refractivity contribution in [1.29, 1.82) is 0 Å². The third kappa shape index (κ3) is 4.55. The number of carbonyl (C=O) groups excluding carboxylic acids is 2. The van der Waals surface area contributed by atoms with Crippen LogP contribution in [0.5, 0.6) is 0 Å². The van der Waals surface area contributed by atoms with E-state index in [0.29, 0.717) is 5.56 Å². The highest BCUT2D eigenvalue weighted by Gasteiger charge is 2.15. The van der Waals surface area contributed by atoms with Crippen LogP contribution in [0, 0.1) is 0 Å². The lowest BCUT2D eigenvalue weighted by Gasteiger charge is -2.13. The Morgan fingerprint density at radius 1 is 1.47 bits per heavy atom. The van der Waals surface area contributed by atoms with Gasteiger partial charge in [0.2, 0.25) is 0 Å². The lowest BCUT2D eigenvalue weighted by molar-refractivity contribution is -0.139. The normalized spacial score (nSPS) is 11.9. The van der Waals surface area contributed by atoms with Crippen molar-refractivity contribution in [3.05, 3.63) is 23.5 Å². The number of ether oxygens (including phenoxy) is 1. The van der Waals surface area contributed by atoms with Gasteiger partial charge in [0.25, 0.3) is 5.91 Å². The molecule has 1 heterocycles. The highest BCUT2D eigenvalue weighted by atomic mass is 16.5. The van der Waals surface area contributed by atoms with Crippen molar-refractivity contribution >= 4 is 17.7 Å². The number of carboxylic acids is 1. The molecule has 0 saturated carbocycles. The highest BCUT2D eigenvalue weighted by molar-refractivity contribution is 5.99. The van der Waals surface area contributed by atoms with E-state index in [-0.39, 0.29) is 24.4 Å². The molecular weight excluding hydrogens is 252 g/mol. The Morgan fingerprint density at radius 3 is 2.63 bits per heavy atom. The summed E-state index contributed by atoms with van der Waals surface area (Å²) in [6.45, 7) is 1.48. The molecule has 0 saturated heterocycles. The van der Waals surface area contributed by atoms with E-state index in [0.717, 1.165) is 0 Å². The van der Waals surface area contributed by atoms with Crippen molar-refractivity contribution < 1.29 is 24.2 Å². The topological polar surface area (TPSA) is 108 Å². The van der Waals surface area contributed by atoms with E-state index in [9.17, 15) is 14.4 Å². The fourth-order valence-corrected chi connectivity index (χ4v) is 1.46. The van der Waals surface area contributed by atoms with Crippen LogP contribution in [0.1, 0.15) is 34.2 Å². The number of aliphatic carboxylic acids is 1. The van der Waals surface area contributed by atoms with Crippen LogP contribution in [0.25, 0.3) is 0 Å². The van der Waals surface area contributed by atoms with E-state index in [2.05, 4.69) is 10.3 Å². The zero-order valence-corrected chi connectivity index (χ0v) is 10.7. The molecule has 1 aromatic heterocycles. The first kappa shape index (κ1) is 14.9. The molecule has 1 rings (SSSR count). The molecule has 7 heteroatoms. The zero-order chi connectivity index (χ0) is 14.4. The minimum atomic E-state index is -1.00. The molecule has 0 aromatic carbocycles. The van der Waals surface area contributed by atoms with Gasteiger partial charge in [-0.05, 0) is 13.0 Å². The summed E-state index contributed by atoms with van der Waals surface area (Å²) < 4.78 is 4.93. The maximum absolute atomic E-state index is 11.7. The van der Waals surface area contributed by atoms with Crippen molar-refractivity contribution in [2.45, 2.75) is 19.4 Å². The summed E-state index contributed by atoms with van der Waals surface area (Å²) in [7, 11) is 1.38. The molecule has 1 amide bonds. The van der Waals surface area contributed by atoms with E-state index in [1.165, 1.54) is 26.3 Å². The number of carbonyl (C=O) groups is 3. The first-order valence-electron chi connectivity index (χ1n) is 5.66. The standard InChI is InChI=1S/C12H16N2O5/c1-7(15)8-3-10(13-5-8)12(18)14-6-9(19-2)4-11(16)17/h3,5,9,13H,4,6H2,1-2H3,(H,14,18)(H,16,17). The van der Waals surface area contributed by atoms with Crippen LogP contribution in [0.4, 0.5) is 0 Å². The Hall–Kier alpha value is -2.15. The predicted octanol–water partition coefficient (Wildman–Crippen LogP) is 0.437. The van der Waals surface area contributed by atoms with Gasteiger partial charge >= 0.3 is 5.97 Å². The maximum atomic E-state index is 11.7. The van der Waals surface area contributed by atoms with Gasteiger partial charge in [-0.3, -0.25) is 14.4 Å². The van der Waals surface area contributed by atoms with Crippen molar-refractivity contribution in [1.82, 2.24) is 10.3 Å². The number of hydrogen-bond acceptors (Lipinski definition) is 4. The minimum Gasteiger partial charge on any atom is -0.481 e. The fraction of sp³-hybridized carbons (Fsp3) is 0.417.